The van der Waals surface area contributed by atoms with Crippen molar-refractivity contribution in [1.82, 2.24) is 14.7 Å². The Bertz CT molecular complexity index is 1240. The molecule has 172 valence electrons. The van der Waals surface area contributed by atoms with E-state index in [4.69, 9.17) is 5.10 Å². The second kappa shape index (κ2) is 9.93. The van der Waals surface area contributed by atoms with Crippen LogP contribution in [0, 0.1) is 0 Å². The average molecular weight is 452 g/mol. The summed E-state index contributed by atoms with van der Waals surface area (Å²) in [5.41, 5.74) is 5.19. The molecule has 1 aromatic heterocycles. The van der Waals surface area contributed by atoms with Crippen LogP contribution in [0.15, 0.2) is 91.1 Å². The van der Waals surface area contributed by atoms with Crippen molar-refractivity contribution in [1.29, 1.82) is 0 Å². The van der Waals surface area contributed by atoms with Gasteiger partial charge >= 0.3 is 0 Å². The number of para-hydroxylation sites is 2. The van der Waals surface area contributed by atoms with Gasteiger partial charge in [-0.05, 0) is 24.7 Å². The van der Waals surface area contributed by atoms with E-state index in [9.17, 15) is 4.79 Å². The van der Waals surface area contributed by atoms with Crippen LogP contribution in [-0.2, 0) is 6.54 Å². The third kappa shape index (κ3) is 4.87. The minimum Gasteiger partial charge on any atom is -0.367 e. The molecule has 2 heterocycles. The summed E-state index contributed by atoms with van der Waals surface area (Å²) in [6, 6.07) is 28.1. The molecule has 5 rings (SSSR count). The summed E-state index contributed by atoms with van der Waals surface area (Å²) in [4.78, 5) is 18.2. The third-order valence-electron chi connectivity index (χ3n) is 6.24. The van der Waals surface area contributed by atoms with Crippen molar-refractivity contribution >= 4 is 17.3 Å². The van der Waals surface area contributed by atoms with Crippen molar-refractivity contribution in [2.75, 3.05) is 43.4 Å². The van der Waals surface area contributed by atoms with Crippen molar-refractivity contribution in [3.8, 4) is 11.3 Å². The number of anilines is 2. The van der Waals surface area contributed by atoms with Crippen molar-refractivity contribution in [3.63, 3.8) is 0 Å². The molecular formula is C28H29N5O. The zero-order valence-electron chi connectivity index (χ0n) is 19.4. The van der Waals surface area contributed by atoms with Crippen LogP contribution >= 0.6 is 0 Å². The van der Waals surface area contributed by atoms with Gasteiger partial charge in [0.2, 0.25) is 0 Å². The number of rotatable bonds is 6. The summed E-state index contributed by atoms with van der Waals surface area (Å²) in [5.74, 6) is -0.153. The van der Waals surface area contributed by atoms with Crippen LogP contribution in [-0.4, -0.2) is 53.8 Å². The third-order valence-corrected chi connectivity index (χ3v) is 6.24. The Labute approximate surface area is 200 Å². The first-order valence-electron chi connectivity index (χ1n) is 11.7. The Morgan fingerprint density at radius 1 is 0.853 bits per heavy atom. The van der Waals surface area contributed by atoms with E-state index in [0.717, 1.165) is 48.7 Å². The summed E-state index contributed by atoms with van der Waals surface area (Å²) in [5, 5.41) is 7.97. The van der Waals surface area contributed by atoms with Gasteiger partial charge in [0.25, 0.3) is 5.91 Å². The van der Waals surface area contributed by atoms with Crippen molar-refractivity contribution in [2.24, 2.45) is 0 Å². The lowest BCUT2D eigenvalue weighted by atomic mass is 10.1. The van der Waals surface area contributed by atoms with Gasteiger partial charge in [-0.15, -0.1) is 0 Å². The quantitative estimate of drug-likeness (QED) is 0.465. The van der Waals surface area contributed by atoms with E-state index < -0.39 is 0 Å². The van der Waals surface area contributed by atoms with Gasteiger partial charge in [-0.1, -0.05) is 72.8 Å². The van der Waals surface area contributed by atoms with E-state index in [-0.39, 0.29) is 5.91 Å². The van der Waals surface area contributed by atoms with Gasteiger partial charge in [0.1, 0.15) is 5.69 Å². The largest absolute Gasteiger partial charge is 0.367 e. The van der Waals surface area contributed by atoms with Gasteiger partial charge < -0.3 is 15.1 Å². The van der Waals surface area contributed by atoms with Crippen molar-refractivity contribution in [2.45, 2.75) is 6.54 Å². The van der Waals surface area contributed by atoms with Gasteiger partial charge in [-0.3, -0.25) is 9.48 Å². The Balaban J connectivity index is 1.45. The number of benzene rings is 3. The van der Waals surface area contributed by atoms with Crippen LogP contribution < -0.4 is 10.2 Å². The van der Waals surface area contributed by atoms with E-state index in [1.54, 1.807) is 0 Å². The number of aromatic nitrogens is 2. The monoisotopic (exact) mass is 451 g/mol. The molecule has 1 amide bonds. The smallest absolute Gasteiger partial charge is 0.259 e. The van der Waals surface area contributed by atoms with E-state index in [1.807, 2.05) is 77.6 Å². The first-order chi connectivity index (χ1) is 16.7. The van der Waals surface area contributed by atoms with Crippen LogP contribution in [0.2, 0.25) is 0 Å². The molecule has 0 aliphatic carbocycles. The van der Waals surface area contributed by atoms with E-state index in [2.05, 4.69) is 40.4 Å². The predicted molar refractivity (Wildman–Crippen MR) is 137 cm³/mol. The molecule has 1 fully saturated rings. The summed E-state index contributed by atoms with van der Waals surface area (Å²) in [6.07, 6.45) is 1.85. The fourth-order valence-electron chi connectivity index (χ4n) is 4.34. The molecule has 0 atom stereocenters. The zero-order valence-corrected chi connectivity index (χ0v) is 19.4. The highest BCUT2D eigenvalue weighted by Crippen LogP contribution is 2.29. The predicted octanol–water partition coefficient (Wildman–Crippen LogP) is 4.60. The number of piperazine rings is 1. The number of hydrogen-bond acceptors (Lipinski definition) is 4. The molecule has 1 aliphatic rings. The molecule has 0 unspecified atom stereocenters. The second-order valence-corrected chi connectivity index (χ2v) is 8.70. The lowest BCUT2D eigenvalue weighted by Gasteiger charge is -2.35. The maximum absolute atomic E-state index is 13.6. The molecule has 1 N–H and O–H groups in total. The Morgan fingerprint density at radius 3 is 2.24 bits per heavy atom. The molecule has 1 saturated heterocycles. The van der Waals surface area contributed by atoms with E-state index in [1.165, 1.54) is 0 Å². The molecule has 3 aromatic carbocycles. The number of carbonyl (C=O) groups excluding carboxylic acids is 1. The number of hydrogen-bond donors (Lipinski definition) is 1. The highest BCUT2D eigenvalue weighted by atomic mass is 16.1. The molecule has 4 aromatic rings. The standard InChI is InChI=1S/C28H29N5O/c1-31-16-18-32(19-17-31)26-15-9-8-14-25(26)29-28(34)24-21-33(20-22-10-4-2-5-11-22)30-27(24)23-12-6-3-7-13-23/h2-15,21H,16-20H2,1H3,(H,29,34). The summed E-state index contributed by atoms with van der Waals surface area (Å²) in [6.45, 7) is 4.49. The minimum atomic E-state index is -0.153. The summed E-state index contributed by atoms with van der Waals surface area (Å²) >= 11 is 0. The highest BCUT2D eigenvalue weighted by molar-refractivity contribution is 6.09. The van der Waals surface area contributed by atoms with Gasteiger partial charge in [0.05, 0.1) is 23.5 Å². The highest BCUT2D eigenvalue weighted by Gasteiger charge is 2.21. The number of amides is 1. The SMILES string of the molecule is CN1CCN(c2ccccc2NC(=O)c2cn(Cc3ccccc3)nc2-c2ccccc2)CC1. The van der Waals surface area contributed by atoms with E-state index >= 15 is 0 Å². The number of carbonyl (C=O) groups is 1. The van der Waals surface area contributed by atoms with Crippen molar-refractivity contribution in [3.05, 3.63) is 102 Å². The topological polar surface area (TPSA) is 53.4 Å². The molecule has 1 aliphatic heterocycles. The molecular weight excluding hydrogens is 422 g/mol. The maximum atomic E-state index is 13.6. The minimum absolute atomic E-state index is 0.153. The van der Waals surface area contributed by atoms with Gasteiger partial charge in [-0.2, -0.15) is 5.10 Å². The van der Waals surface area contributed by atoms with Crippen molar-refractivity contribution < 1.29 is 4.79 Å². The molecule has 0 spiro atoms. The maximum Gasteiger partial charge on any atom is 0.259 e. The van der Waals surface area contributed by atoms with E-state index in [0.29, 0.717) is 17.8 Å². The summed E-state index contributed by atoms with van der Waals surface area (Å²) in [7, 11) is 2.14. The van der Waals surface area contributed by atoms with Crippen LogP contribution in [0.5, 0.6) is 0 Å². The van der Waals surface area contributed by atoms with Gasteiger partial charge in [0.15, 0.2) is 0 Å². The first-order valence-corrected chi connectivity index (χ1v) is 11.7. The molecule has 0 saturated carbocycles. The number of nitrogens with one attached hydrogen (secondary N) is 1. The van der Waals surface area contributed by atoms with Gasteiger partial charge in [0, 0.05) is 37.9 Å². The molecule has 34 heavy (non-hydrogen) atoms. The number of likely N-dealkylation sites (N-methyl/N-ethyl adjacent to an activating group) is 1. The lowest BCUT2D eigenvalue weighted by molar-refractivity contribution is 0.102. The second-order valence-electron chi connectivity index (χ2n) is 8.70. The Morgan fingerprint density at radius 2 is 1.50 bits per heavy atom. The van der Waals surface area contributed by atoms with Crippen LogP contribution in [0.25, 0.3) is 11.3 Å². The van der Waals surface area contributed by atoms with Crippen LogP contribution in [0.1, 0.15) is 15.9 Å². The zero-order chi connectivity index (χ0) is 23.3. The fourth-order valence-corrected chi connectivity index (χ4v) is 4.34. The first kappa shape index (κ1) is 21.9. The summed E-state index contributed by atoms with van der Waals surface area (Å²) < 4.78 is 1.85. The molecule has 0 bridgehead atoms. The Kier molecular flexibility index (Phi) is 6.40. The van der Waals surface area contributed by atoms with Crippen LogP contribution in [0.3, 0.4) is 0 Å². The Hall–Kier alpha value is -3.90. The number of nitrogens with zero attached hydrogens (tertiary/aromatic N) is 4. The van der Waals surface area contributed by atoms with Gasteiger partial charge in [-0.25, -0.2) is 0 Å². The molecule has 6 nitrogen and oxygen atoms in total. The normalized spacial score (nSPS) is 14.2. The average Bonchev–Trinajstić information content (AvgIpc) is 3.30. The van der Waals surface area contributed by atoms with Crippen LogP contribution in [0.4, 0.5) is 11.4 Å². The molecule has 6 heteroatoms. The lowest BCUT2D eigenvalue weighted by Crippen LogP contribution is -2.44. The molecule has 0 radical (unpaired) electrons. The fraction of sp³-hybridized carbons (Fsp3) is 0.214.